The van der Waals surface area contributed by atoms with Crippen molar-refractivity contribution in [2.75, 3.05) is 9.80 Å². The first-order chi connectivity index (χ1) is 34.4. The first kappa shape index (κ1) is 42.4. The molecule has 1 heterocycles. The van der Waals surface area contributed by atoms with Gasteiger partial charge in [-0.05, 0) is 145 Å². The smallest absolute Gasteiger partial charge is 0.134 e. The van der Waals surface area contributed by atoms with Gasteiger partial charge < -0.3 is 14.5 Å². The van der Waals surface area contributed by atoms with E-state index in [0.29, 0.717) is 0 Å². The summed E-state index contributed by atoms with van der Waals surface area (Å²) in [4.78, 5) is 4.80. The molecule has 1 aliphatic heterocycles. The number of rotatable bonds is 9. The normalized spacial score (nSPS) is 14.1. The fraction of sp³-hybridized carbons (Fsp3) is 0.0448. The van der Waals surface area contributed by atoms with E-state index in [1.54, 1.807) is 6.26 Å². The van der Waals surface area contributed by atoms with Gasteiger partial charge in [-0.1, -0.05) is 190 Å². The zero-order valence-electron chi connectivity index (χ0n) is 39.3. The monoisotopic (exact) mass is 898 g/mol. The third-order valence-electron chi connectivity index (χ3n) is 14.1. The highest BCUT2D eigenvalue weighted by Crippen LogP contribution is 2.53. The van der Waals surface area contributed by atoms with Gasteiger partial charge in [-0.3, -0.25) is 0 Å². The number of hydrogen-bond donors (Lipinski definition) is 0. The van der Waals surface area contributed by atoms with E-state index in [9.17, 15) is 0 Å². The number of hydrogen-bond acceptors (Lipinski definition) is 3. The second-order valence-corrected chi connectivity index (χ2v) is 18.7. The van der Waals surface area contributed by atoms with Crippen molar-refractivity contribution in [1.29, 1.82) is 0 Å². The number of allylic oxidation sites excluding steroid dienone is 4. The molecule has 0 bridgehead atoms. The molecule has 0 fully saturated rings. The fourth-order valence-corrected chi connectivity index (χ4v) is 10.4. The Labute approximate surface area is 410 Å². The van der Waals surface area contributed by atoms with E-state index in [1.165, 1.54) is 55.3 Å². The molecule has 10 aromatic carbocycles. The average Bonchev–Trinajstić information content (AvgIpc) is 3.63. The molecule has 0 saturated heterocycles. The SMILES string of the molecule is C=C1/C=C\C=C/Oc2cc(-c3ccc(N(c4ccc5c(c4)C(C)(C)c4cc(N(c6ccccc6)c6ccc(-c7ccc(-c8ccccc8)cc7)cc6)ccc4-5)c4cccc5ccccc45)cc3)ccc21. The van der Waals surface area contributed by atoms with Crippen LogP contribution in [-0.2, 0) is 5.41 Å². The Morgan fingerprint density at radius 1 is 0.386 bits per heavy atom. The van der Waals surface area contributed by atoms with Crippen molar-refractivity contribution in [2.24, 2.45) is 0 Å². The van der Waals surface area contributed by atoms with Crippen molar-refractivity contribution < 1.29 is 4.74 Å². The van der Waals surface area contributed by atoms with Gasteiger partial charge in [0.05, 0.1) is 11.9 Å². The lowest BCUT2D eigenvalue weighted by Crippen LogP contribution is -2.17. The second-order valence-electron chi connectivity index (χ2n) is 18.7. The van der Waals surface area contributed by atoms with Gasteiger partial charge in [0.25, 0.3) is 0 Å². The molecule has 0 spiro atoms. The molecule has 12 rings (SSSR count). The van der Waals surface area contributed by atoms with Crippen molar-refractivity contribution in [3.8, 4) is 50.3 Å². The molecule has 0 saturated carbocycles. The molecule has 3 nitrogen and oxygen atoms in total. The molecule has 1 aliphatic carbocycles. The van der Waals surface area contributed by atoms with Crippen molar-refractivity contribution in [1.82, 2.24) is 0 Å². The van der Waals surface area contributed by atoms with Crippen molar-refractivity contribution in [3.63, 3.8) is 0 Å². The standard InChI is InChI=1S/C67H50N2O/c1-46-15-12-13-42-70-66-43-53(32-39-59(46)66)51-30-35-56(36-31-51)69(65-23-14-19-52-18-10-11-22-60(52)65)58-38-41-62-61-40-37-57(44-63(61)67(2,3)64(62)45-58)68(54-20-8-5-9-21-54)55-33-28-50(29-34-55)49-26-24-48(25-27-49)47-16-6-4-7-17-47/h4-45H,1H2,2-3H3/b15-12-,42-13-. The lowest BCUT2D eigenvalue weighted by Gasteiger charge is -2.30. The van der Waals surface area contributed by atoms with Crippen LogP contribution in [0.4, 0.5) is 34.1 Å². The van der Waals surface area contributed by atoms with E-state index in [-0.39, 0.29) is 5.41 Å². The minimum absolute atomic E-state index is 0.286. The van der Waals surface area contributed by atoms with Crippen molar-refractivity contribution in [2.45, 2.75) is 19.3 Å². The molecular weight excluding hydrogens is 849 g/mol. The highest BCUT2D eigenvalue weighted by atomic mass is 16.5. The van der Waals surface area contributed by atoms with Crippen molar-refractivity contribution in [3.05, 3.63) is 278 Å². The van der Waals surface area contributed by atoms with Crippen LogP contribution in [0.2, 0.25) is 0 Å². The van der Waals surface area contributed by atoms with Gasteiger partial charge in [0.15, 0.2) is 0 Å². The summed E-state index contributed by atoms with van der Waals surface area (Å²) >= 11 is 0. The van der Waals surface area contributed by atoms with Gasteiger partial charge >= 0.3 is 0 Å². The van der Waals surface area contributed by atoms with Gasteiger partial charge in [0.2, 0.25) is 0 Å². The number of nitrogens with zero attached hydrogens (tertiary/aromatic N) is 2. The first-order valence-corrected chi connectivity index (χ1v) is 24.0. The molecule has 10 aromatic rings. The zero-order valence-corrected chi connectivity index (χ0v) is 39.3. The Kier molecular flexibility index (Phi) is 10.7. The molecule has 3 heteroatoms. The van der Waals surface area contributed by atoms with E-state index < -0.39 is 0 Å². The third-order valence-corrected chi connectivity index (χ3v) is 14.1. The summed E-state index contributed by atoms with van der Waals surface area (Å²) in [7, 11) is 0. The van der Waals surface area contributed by atoms with Gasteiger partial charge in [0, 0.05) is 44.8 Å². The lowest BCUT2D eigenvalue weighted by molar-refractivity contribution is 0.480. The van der Waals surface area contributed by atoms with Crippen LogP contribution < -0.4 is 14.5 Å². The Bertz CT molecular complexity index is 3640. The van der Waals surface area contributed by atoms with Crippen LogP contribution in [0.5, 0.6) is 5.75 Å². The van der Waals surface area contributed by atoms with E-state index in [0.717, 1.165) is 62.1 Å². The summed E-state index contributed by atoms with van der Waals surface area (Å²) < 4.78 is 6.04. The maximum atomic E-state index is 6.04. The van der Waals surface area contributed by atoms with Gasteiger partial charge in [-0.2, -0.15) is 0 Å². The van der Waals surface area contributed by atoms with Crippen LogP contribution in [0.3, 0.4) is 0 Å². The average molecular weight is 899 g/mol. The Morgan fingerprint density at radius 2 is 0.857 bits per heavy atom. The van der Waals surface area contributed by atoms with Crippen molar-refractivity contribution >= 4 is 50.5 Å². The number of anilines is 6. The Balaban J connectivity index is 0.896. The second kappa shape index (κ2) is 17.6. The summed E-state index contributed by atoms with van der Waals surface area (Å²) in [6.45, 7) is 9.01. The van der Waals surface area contributed by atoms with Crippen LogP contribution in [0.25, 0.3) is 60.9 Å². The van der Waals surface area contributed by atoms with Gasteiger partial charge in [-0.15, -0.1) is 0 Å². The molecule has 0 atom stereocenters. The fourth-order valence-electron chi connectivity index (χ4n) is 10.4. The van der Waals surface area contributed by atoms with Crippen LogP contribution >= 0.6 is 0 Å². The molecule has 0 unspecified atom stereocenters. The topological polar surface area (TPSA) is 15.7 Å². The van der Waals surface area contributed by atoms with Gasteiger partial charge in [0.1, 0.15) is 5.75 Å². The predicted octanol–water partition coefficient (Wildman–Crippen LogP) is 18.6. The summed E-state index contributed by atoms with van der Waals surface area (Å²) in [5, 5.41) is 2.39. The lowest BCUT2D eigenvalue weighted by atomic mass is 9.82. The molecule has 0 N–H and O–H groups in total. The molecular formula is C67H50N2O. The molecule has 70 heavy (non-hydrogen) atoms. The quantitative estimate of drug-likeness (QED) is 0.144. The van der Waals surface area contributed by atoms with E-state index >= 15 is 0 Å². The molecule has 334 valence electrons. The zero-order chi connectivity index (χ0) is 47.2. The summed E-state index contributed by atoms with van der Waals surface area (Å²) in [5.74, 6) is 0.793. The molecule has 2 aliphatic rings. The summed E-state index contributed by atoms with van der Waals surface area (Å²) in [6.07, 6.45) is 7.57. The van der Waals surface area contributed by atoms with E-state index in [1.807, 2.05) is 18.2 Å². The number of ether oxygens (including phenoxy) is 1. The highest BCUT2D eigenvalue weighted by molar-refractivity contribution is 6.00. The van der Waals surface area contributed by atoms with Gasteiger partial charge in [-0.25, -0.2) is 0 Å². The molecule has 0 aromatic heterocycles. The maximum Gasteiger partial charge on any atom is 0.134 e. The Morgan fingerprint density at radius 3 is 1.51 bits per heavy atom. The van der Waals surface area contributed by atoms with E-state index in [2.05, 4.69) is 261 Å². The summed E-state index contributed by atoms with van der Waals surface area (Å²) in [6, 6.07) is 83.7. The Hall–Kier alpha value is -8.92. The van der Waals surface area contributed by atoms with Crippen LogP contribution in [0.1, 0.15) is 30.5 Å². The predicted molar refractivity (Wildman–Crippen MR) is 295 cm³/mol. The van der Waals surface area contributed by atoms with Crippen LogP contribution in [-0.4, -0.2) is 0 Å². The minimum Gasteiger partial charge on any atom is -0.464 e. The highest BCUT2D eigenvalue weighted by Gasteiger charge is 2.37. The number of fused-ring (bicyclic) bond motifs is 5. The molecule has 0 amide bonds. The first-order valence-electron chi connectivity index (χ1n) is 24.0. The van der Waals surface area contributed by atoms with Crippen LogP contribution in [0, 0.1) is 0 Å². The number of benzene rings is 10. The minimum atomic E-state index is -0.286. The third kappa shape index (κ3) is 7.68. The van der Waals surface area contributed by atoms with E-state index in [4.69, 9.17) is 4.74 Å². The number of para-hydroxylation sites is 1. The van der Waals surface area contributed by atoms with Crippen LogP contribution in [0.15, 0.2) is 262 Å². The maximum absolute atomic E-state index is 6.04. The summed E-state index contributed by atoms with van der Waals surface area (Å²) in [5.41, 5.74) is 20.4. The largest absolute Gasteiger partial charge is 0.464 e. The molecule has 0 radical (unpaired) electrons.